The molecule has 1 aliphatic heterocycles. The molecule has 0 saturated heterocycles. The van der Waals surface area contributed by atoms with E-state index >= 15 is 4.39 Å². The van der Waals surface area contributed by atoms with Crippen LogP contribution in [0.3, 0.4) is 0 Å². The zero-order valence-corrected chi connectivity index (χ0v) is 16.7. The van der Waals surface area contributed by atoms with Gasteiger partial charge in [-0.3, -0.25) is 0 Å². The lowest BCUT2D eigenvalue weighted by Crippen LogP contribution is -2.39. The summed E-state index contributed by atoms with van der Waals surface area (Å²) in [4.78, 5) is 0. The Balaban J connectivity index is 1.87. The van der Waals surface area contributed by atoms with Gasteiger partial charge in [0.05, 0.1) is 0 Å². The fourth-order valence-corrected chi connectivity index (χ4v) is 4.21. The van der Waals surface area contributed by atoms with Crippen LogP contribution in [0.5, 0.6) is 5.75 Å². The van der Waals surface area contributed by atoms with E-state index in [0.717, 1.165) is 11.1 Å². The second-order valence-corrected chi connectivity index (χ2v) is 7.53. The highest BCUT2D eigenvalue weighted by Gasteiger charge is 2.42. The number of nitrogens with one attached hydrogen (secondary N) is 1. The number of hydrogen-bond acceptors (Lipinski definition) is 4. The van der Waals surface area contributed by atoms with Crippen molar-refractivity contribution in [2.24, 2.45) is 11.5 Å². The molecule has 6 heteroatoms. The molecule has 0 unspecified atom stereocenters. The van der Waals surface area contributed by atoms with Gasteiger partial charge < -0.3 is 21.5 Å². The SMILES string of the molecule is NCCNc1cccc(F)c1-c1c(Cl)ccc2c1C[C@@](CN)(c1ccccc1)O2. The zero-order chi connectivity index (χ0) is 20.4. The summed E-state index contributed by atoms with van der Waals surface area (Å²) in [6, 6.07) is 18.4. The Morgan fingerprint density at radius 2 is 1.79 bits per heavy atom. The van der Waals surface area contributed by atoms with Gasteiger partial charge in [0.1, 0.15) is 11.6 Å². The number of ether oxygens (including phenoxy) is 1. The summed E-state index contributed by atoms with van der Waals surface area (Å²) in [5.74, 6) is 0.319. The highest BCUT2D eigenvalue weighted by Crippen LogP contribution is 2.49. The summed E-state index contributed by atoms with van der Waals surface area (Å²) in [6.07, 6.45) is 0.503. The van der Waals surface area contributed by atoms with Crippen molar-refractivity contribution in [1.29, 1.82) is 0 Å². The molecule has 0 bridgehead atoms. The molecule has 0 fully saturated rings. The molecule has 5 N–H and O–H groups in total. The number of anilines is 1. The lowest BCUT2D eigenvalue weighted by atomic mass is 9.86. The van der Waals surface area contributed by atoms with E-state index in [-0.39, 0.29) is 12.4 Å². The standard InChI is InChI=1S/C23H23ClFN3O/c24-17-9-10-20-16(13-23(14-27,29-20)15-5-2-1-3-6-15)21(17)22-18(25)7-4-8-19(22)28-12-11-26/h1-10,28H,11-14,26-27H2/t23-/m1/s1. The Bertz CT molecular complexity index is 1030. The molecule has 1 atom stereocenters. The Labute approximate surface area is 174 Å². The van der Waals surface area contributed by atoms with Crippen LogP contribution in [0, 0.1) is 5.82 Å². The second-order valence-electron chi connectivity index (χ2n) is 7.12. The van der Waals surface area contributed by atoms with Gasteiger partial charge in [-0.15, -0.1) is 0 Å². The van der Waals surface area contributed by atoms with Crippen LogP contribution in [-0.4, -0.2) is 19.6 Å². The largest absolute Gasteiger partial charge is 0.481 e. The zero-order valence-electron chi connectivity index (χ0n) is 15.9. The molecular formula is C23H23ClFN3O. The van der Waals surface area contributed by atoms with E-state index in [4.69, 9.17) is 27.8 Å². The number of halogens is 2. The van der Waals surface area contributed by atoms with Gasteiger partial charge in [-0.1, -0.05) is 48.0 Å². The minimum atomic E-state index is -0.709. The highest BCUT2D eigenvalue weighted by atomic mass is 35.5. The molecule has 0 aromatic heterocycles. The first kappa shape index (κ1) is 19.7. The summed E-state index contributed by atoms with van der Waals surface area (Å²) in [5, 5.41) is 3.66. The van der Waals surface area contributed by atoms with Gasteiger partial charge in [0.2, 0.25) is 0 Å². The molecular weight excluding hydrogens is 389 g/mol. The molecule has 3 aromatic rings. The normalized spacial score (nSPS) is 17.7. The van der Waals surface area contributed by atoms with Crippen molar-refractivity contribution in [3.8, 4) is 16.9 Å². The fraction of sp³-hybridized carbons (Fsp3) is 0.217. The van der Waals surface area contributed by atoms with Crippen molar-refractivity contribution in [2.75, 3.05) is 25.0 Å². The topological polar surface area (TPSA) is 73.3 Å². The first-order valence-corrected chi connectivity index (χ1v) is 9.96. The van der Waals surface area contributed by atoms with Crippen molar-refractivity contribution in [2.45, 2.75) is 12.0 Å². The van der Waals surface area contributed by atoms with Gasteiger partial charge in [0, 0.05) is 53.5 Å². The molecule has 0 saturated carbocycles. The monoisotopic (exact) mass is 411 g/mol. The van der Waals surface area contributed by atoms with E-state index in [1.165, 1.54) is 6.07 Å². The summed E-state index contributed by atoms with van der Waals surface area (Å²) in [6.45, 7) is 1.25. The van der Waals surface area contributed by atoms with Crippen molar-refractivity contribution in [1.82, 2.24) is 0 Å². The summed E-state index contributed by atoms with van der Waals surface area (Å²) in [5.41, 5.74) is 14.6. The van der Waals surface area contributed by atoms with Crippen LogP contribution in [0.15, 0.2) is 60.7 Å². The molecule has 3 aromatic carbocycles. The number of hydrogen-bond donors (Lipinski definition) is 3. The van der Waals surface area contributed by atoms with Gasteiger partial charge >= 0.3 is 0 Å². The molecule has 0 aliphatic carbocycles. The Hall–Kier alpha value is -2.60. The van der Waals surface area contributed by atoms with Crippen LogP contribution in [0.25, 0.3) is 11.1 Å². The number of rotatable bonds is 6. The van der Waals surface area contributed by atoms with E-state index in [9.17, 15) is 0 Å². The molecule has 0 amide bonds. The Kier molecular flexibility index (Phi) is 5.46. The van der Waals surface area contributed by atoms with Gasteiger partial charge in [0.15, 0.2) is 5.60 Å². The average Bonchev–Trinajstić information content (AvgIpc) is 3.14. The van der Waals surface area contributed by atoms with Gasteiger partial charge in [-0.25, -0.2) is 4.39 Å². The van der Waals surface area contributed by atoms with Crippen molar-refractivity contribution < 1.29 is 9.13 Å². The smallest absolute Gasteiger partial charge is 0.150 e. The maximum Gasteiger partial charge on any atom is 0.150 e. The van der Waals surface area contributed by atoms with E-state index in [1.807, 2.05) is 42.5 Å². The quantitative estimate of drug-likeness (QED) is 0.565. The highest BCUT2D eigenvalue weighted by molar-refractivity contribution is 6.33. The van der Waals surface area contributed by atoms with Crippen LogP contribution in [0.2, 0.25) is 5.02 Å². The first-order chi connectivity index (χ1) is 14.1. The fourth-order valence-electron chi connectivity index (χ4n) is 3.94. The van der Waals surface area contributed by atoms with Gasteiger partial charge in [-0.2, -0.15) is 0 Å². The third-order valence-electron chi connectivity index (χ3n) is 5.34. The summed E-state index contributed by atoms with van der Waals surface area (Å²) < 4.78 is 21.4. The maximum atomic E-state index is 15.0. The predicted octanol–water partition coefficient (Wildman–Crippen LogP) is 4.31. The molecule has 4 rings (SSSR count). The van der Waals surface area contributed by atoms with E-state index in [2.05, 4.69) is 5.32 Å². The van der Waals surface area contributed by atoms with Crippen LogP contribution < -0.4 is 21.5 Å². The third kappa shape index (κ3) is 3.46. The lowest BCUT2D eigenvalue weighted by molar-refractivity contribution is 0.103. The van der Waals surface area contributed by atoms with Crippen molar-refractivity contribution in [3.05, 3.63) is 82.6 Å². The Morgan fingerprint density at radius 1 is 1.00 bits per heavy atom. The van der Waals surface area contributed by atoms with E-state index < -0.39 is 5.60 Å². The molecule has 150 valence electrons. The number of fused-ring (bicyclic) bond motifs is 1. The third-order valence-corrected chi connectivity index (χ3v) is 5.65. The van der Waals surface area contributed by atoms with E-state index in [1.54, 1.807) is 12.1 Å². The first-order valence-electron chi connectivity index (χ1n) is 9.58. The molecule has 4 nitrogen and oxygen atoms in total. The van der Waals surface area contributed by atoms with Gasteiger partial charge in [-0.05, 0) is 29.8 Å². The van der Waals surface area contributed by atoms with Crippen LogP contribution in [0.1, 0.15) is 11.1 Å². The van der Waals surface area contributed by atoms with Crippen molar-refractivity contribution in [3.63, 3.8) is 0 Å². The minimum absolute atomic E-state index is 0.290. The van der Waals surface area contributed by atoms with Crippen molar-refractivity contribution >= 4 is 17.3 Å². The van der Waals surface area contributed by atoms with Crippen LogP contribution in [-0.2, 0) is 12.0 Å². The molecule has 1 heterocycles. The summed E-state index contributed by atoms with van der Waals surface area (Å²) >= 11 is 6.60. The van der Waals surface area contributed by atoms with E-state index in [0.29, 0.717) is 47.1 Å². The van der Waals surface area contributed by atoms with Crippen LogP contribution >= 0.6 is 11.6 Å². The second kappa shape index (κ2) is 8.03. The van der Waals surface area contributed by atoms with Gasteiger partial charge in [0.25, 0.3) is 0 Å². The molecule has 0 spiro atoms. The Morgan fingerprint density at radius 3 is 2.52 bits per heavy atom. The minimum Gasteiger partial charge on any atom is -0.481 e. The average molecular weight is 412 g/mol. The lowest BCUT2D eigenvalue weighted by Gasteiger charge is -2.27. The number of benzene rings is 3. The molecule has 1 aliphatic rings. The van der Waals surface area contributed by atoms with Crippen LogP contribution in [0.4, 0.5) is 10.1 Å². The predicted molar refractivity (Wildman–Crippen MR) is 116 cm³/mol. The molecule has 29 heavy (non-hydrogen) atoms. The summed E-state index contributed by atoms with van der Waals surface area (Å²) in [7, 11) is 0. The maximum absolute atomic E-state index is 15.0. The number of nitrogens with two attached hydrogens (primary N) is 2. The molecule has 0 radical (unpaired) electrons.